The Balaban J connectivity index is 2.06. The number of carboxylic acid groups (broad SMARTS) is 1. The van der Waals surface area contributed by atoms with Crippen LogP contribution in [0.25, 0.3) is 11.4 Å². The summed E-state index contributed by atoms with van der Waals surface area (Å²) in [7, 11) is 0. The van der Waals surface area contributed by atoms with Crippen molar-refractivity contribution in [2.75, 3.05) is 18.9 Å². The second kappa shape index (κ2) is 5.57. The number of anilines is 1. The summed E-state index contributed by atoms with van der Waals surface area (Å²) in [6, 6.07) is 5.59. The van der Waals surface area contributed by atoms with Gasteiger partial charge in [-0.2, -0.15) is 4.98 Å². The first kappa shape index (κ1) is 14.2. The van der Waals surface area contributed by atoms with Gasteiger partial charge in [0.1, 0.15) is 17.7 Å². The summed E-state index contributed by atoms with van der Waals surface area (Å²) in [5, 5.41) is 9.22. The molecule has 1 aromatic carbocycles. The number of hydrogen-bond donors (Lipinski definition) is 2. The van der Waals surface area contributed by atoms with Gasteiger partial charge in [0.2, 0.25) is 5.88 Å². The number of carboxylic acids is 1. The number of nitrogens with zero attached hydrogens (tertiary/aromatic N) is 2. The smallest absolute Gasteiger partial charge is 0.345 e. The highest BCUT2D eigenvalue weighted by Crippen LogP contribution is 2.27. The van der Waals surface area contributed by atoms with E-state index in [0.717, 1.165) is 0 Å². The van der Waals surface area contributed by atoms with Crippen molar-refractivity contribution in [1.82, 2.24) is 9.97 Å². The van der Waals surface area contributed by atoms with E-state index in [9.17, 15) is 14.3 Å². The summed E-state index contributed by atoms with van der Waals surface area (Å²) >= 11 is 0. The maximum Gasteiger partial charge on any atom is 0.345 e. The molecular weight excluding hydrogens is 293 g/mol. The lowest BCUT2D eigenvalue weighted by atomic mass is 10.2. The molecule has 0 spiro atoms. The first-order chi connectivity index (χ1) is 10.5. The zero-order chi connectivity index (χ0) is 15.7. The molecule has 0 saturated carbocycles. The normalized spacial score (nSPS) is 14.4. The molecule has 0 bridgehead atoms. The van der Waals surface area contributed by atoms with Crippen molar-refractivity contribution < 1.29 is 23.8 Å². The van der Waals surface area contributed by atoms with Crippen molar-refractivity contribution in [2.45, 2.75) is 6.10 Å². The Morgan fingerprint density at radius 2 is 2.18 bits per heavy atom. The van der Waals surface area contributed by atoms with Gasteiger partial charge in [-0.25, -0.2) is 14.2 Å². The first-order valence-electron chi connectivity index (χ1n) is 6.45. The Labute approximate surface area is 124 Å². The second-order valence-corrected chi connectivity index (χ2v) is 4.71. The minimum absolute atomic E-state index is 0.0947. The van der Waals surface area contributed by atoms with Crippen molar-refractivity contribution in [1.29, 1.82) is 0 Å². The molecule has 22 heavy (non-hydrogen) atoms. The molecule has 1 aromatic heterocycles. The van der Waals surface area contributed by atoms with Crippen LogP contribution in [0, 0.1) is 5.82 Å². The number of ether oxygens (including phenoxy) is 2. The number of nitrogens with two attached hydrogens (primary N) is 1. The molecular formula is C14H12FN3O4. The number of nitrogen functional groups attached to an aromatic ring is 1. The fraction of sp³-hybridized carbons (Fsp3) is 0.214. The van der Waals surface area contributed by atoms with Gasteiger partial charge in [0.05, 0.1) is 13.2 Å². The molecule has 8 heteroatoms. The minimum Gasteiger partial charge on any atom is -0.477 e. The van der Waals surface area contributed by atoms with Crippen LogP contribution in [-0.4, -0.2) is 40.4 Å². The number of hydrogen-bond acceptors (Lipinski definition) is 6. The average molecular weight is 305 g/mol. The third kappa shape index (κ3) is 2.68. The van der Waals surface area contributed by atoms with E-state index >= 15 is 0 Å². The van der Waals surface area contributed by atoms with E-state index in [1.54, 1.807) is 6.07 Å². The Bertz CT molecular complexity index is 734. The highest BCUT2D eigenvalue weighted by atomic mass is 19.1. The van der Waals surface area contributed by atoms with Crippen LogP contribution in [0.4, 0.5) is 10.2 Å². The summed E-state index contributed by atoms with van der Waals surface area (Å²) in [6.45, 7) is 0.691. The van der Waals surface area contributed by atoms with E-state index in [4.69, 9.17) is 15.2 Å². The van der Waals surface area contributed by atoms with Gasteiger partial charge >= 0.3 is 5.97 Å². The van der Waals surface area contributed by atoms with Crippen LogP contribution in [0.3, 0.4) is 0 Å². The number of aromatic carboxylic acids is 1. The van der Waals surface area contributed by atoms with Gasteiger partial charge in [-0.05, 0) is 12.1 Å². The molecule has 0 atom stereocenters. The van der Waals surface area contributed by atoms with E-state index in [2.05, 4.69) is 9.97 Å². The average Bonchev–Trinajstić information content (AvgIpc) is 2.42. The van der Waals surface area contributed by atoms with E-state index in [0.29, 0.717) is 18.8 Å². The van der Waals surface area contributed by atoms with Gasteiger partial charge in [0.25, 0.3) is 0 Å². The molecule has 0 amide bonds. The Kier molecular flexibility index (Phi) is 3.60. The van der Waals surface area contributed by atoms with Gasteiger partial charge < -0.3 is 20.3 Å². The van der Waals surface area contributed by atoms with Crippen molar-refractivity contribution in [3.63, 3.8) is 0 Å². The molecule has 2 heterocycles. The SMILES string of the molecule is Nc1nc(-c2cccc(F)c2)nc(OC2COC2)c1C(=O)O. The number of carbonyl (C=O) groups is 1. The van der Waals surface area contributed by atoms with Crippen molar-refractivity contribution >= 4 is 11.8 Å². The van der Waals surface area contributed by atoms with E-state index in [1.165, 1.54) is 18.2 Å². The van der Waals surface area contributed by atoms with Gasteiger partial charge in [-0.15, -0.1) is 0 Å². The zero-order valence-electron chi connectivity index (χ0n) is 11.3. The third-order valence-electron chi connectivity index (χ3n) is 3.09. The monoisotopic (exact) mass is 305 g/mol. The lowest BCUT2D eigenvalue weighted by Gasteiger charge is -2.26. The fourth-order valence-electron chi connectivity index (χ4n) is 1.94. The van der Waals surface area contributed by atoms with Gasteiger partial charge in [-0.3, -0.25) is 0 Å². The number of aromatic nitrogens is 2. The highest BCUT2D eigenvalue weighted by Gasteiger charge is 2.27. The van der Waals surface area contributed by atoms with E-state index < -0.39 is 11.8 Å². The summed E-state index contributed by atoms with van der Waals surface area (Å²) in [6.07, 6.45) is -0.284. The molecule has 3 rings (SSSR count). The van der Waals surface area contributed by atoms with Gasteiger partial charge in [0.15, 0.2) is 11.4 Å². The molecule has 1 saturated heterocycles. The molecule has 2 aromatic rings. The Morgan fingerprint density at radius 1 is 1.41 bits per heavy atom. The number of halogens is 1. The molecule has 0 radical (unpaired) electrons. The molecule has 7 nitrogen and oxygen atoms in total. The quantitative estimate of drug-likeness (QED) is 0.877. The molecule has 0 aliphatic carbocycles. The second-order valence-electron chi connectivity index (χ2n) is 4.71. The standard InChI is InChI=1S/C14H12FN3O4/c15-8-3-1-2-7(4-8)12-17-11(16)10(14(19)20)13(18-12)22-9-5-21-6-9/h1-4,9H,5-6H2,(H,19,20)(H2,16,17,18). The van der Waals surface area contributed by atoms with Crippen molar-refractivity contribution in [3.05, 3.63) is 35.6 Å². The number of benzene rings is 1. The maximum atomic E-state index is 13.3. The lowest BCUT2D eigenvalue weighted by Crippen LogP contribution is -2.39. The minimum atomic E-state index is -1.29. The maximum absolute atomic E-state index is 13.3. The molecule has 0 unspecified atom stereocenters. The van der Waals surface area contributed by atoms with Crippen LogP contribution in [0.1, 0.15) is 10.4 Å². The van der Waals surface area contributed by atoms with E-state index in [1.807, 2.05) is 0 Å². The fourth-order valence-corrected chi connectivity index (χ4v) is 1.94. The highest BCUT2D eigenvalue weighted by molar-refractivity contribution is 5.95. The van der Waals surface area contributed by atoms with Crippen LogP contribution in [-0.2, 0) is 4.74 Å². The molecule has 1 aliphatic heterocycles. The van der Waals surface area contributed by atoms with E-state index in [-0.39, 0.29) is 29.2 Å². The molecule has 1 fully saturated rings. The first-order valence-corrected chi connectivity index (χ1v) is 6.45. The van der Waals surface area contributed by atoms with Crippen LogP contribution >= 0.6 is 0 Å². The lowest BCUT2D eigenvalue weighted by molar-refractivity contribution is -0.0815. The molecule has 3 N–H and O–H groups in total. The summed E-state index contributed by atoms with van der Waals surface area (Å²) in [4.78, 5) is 19.3. The number of rotatable bonds is 4. The summed E-state index contributed by atoms with van der Waals surface area (Å²) in [5.74, 6) is -2.04. The largest absolute Gasteiger partial charge is 0.477 e. The topological polar surface area (TPSA) is 108 Å². The third-order valence-corrected chi connectivity index (χ3v) is 3.09. The van der Waals surface area contributed by atoms with Gasteiger partial charge in [0, 0.05) is 5.56 Å². The molecule has 114 valence electrons. The predicted octanol–water partition coefficient (Wildman–Crippen LogP) is 1.34. The van der Waals surface area contributed by atoms with Crippen molar-refractivity contribution in [2.24, 2.45) is 0 Å². The van der Waals surface area contributed by atoms with Crippen LogP contribution in [0.2, 0.25) is 0 Å². The summed E-state index contributed by atoms with van der Waals surface area (Å²) in [5.41, 5.74) is 5.76. The van der Waals surface area contributed by atoms with Crippen molar-refractivity contribution in [3.8, 4) is 17.3 Å². The van der Waals surface area contributed by atoms with Crippen LogP contribution in [0.5, 0.6) is 5.88 Å². The zero-order valence-corrected chi connectivity index (χ0v) is 11.3. The van der Waals surface area contributed by atoms with Crippen LogP contribution in [0.15, 0.2) is 24.3 Å². The molecule has 1 aliphatic rings. The van der Waals surface area contributed by atoms with Gasteiger partial charge in [-0.1, -0.05) is 12.1 Å². The predicted molar refractivity (Wildman–Crippen MR) is 74.0 cm³/mol. The van der Waals surface area contributed by atoms with Crippen LogP contribution < -0.4 is 10.5 Å². The Morgan fingerprint density at radius 3 is 2.77 bits per heavy atom. The Hall–Kier alpha value is -2.74. The summed E-state index contributed by atoms with van der Waals surface area (Å²) < 4.78 is 23.8.